The number of para-hydroxylation sites is 1. The number of unbranched alkanes of at least 4 members (excludes halogenated alkanes) is 1. The molecule has 0 aliphatic rings. The molecular weight excluding hydrogens is 348 g/mol. The average molecular weight is 372 g/mol. The zero-order valence-corrected chi connectivity index (χ0v) is 15.0. The molecule has 0 saturated carbocycles. The first-order chi connectivity index (χ1) is 13.1. The highest BCUT2D eigenvalue weighted by atomic mass is 16.5. The molecule has 0 aliphatic heterocycles. The number of rotatable bonds is 11. The molecule has 0 heterocycles. The van der Waals surface area contributed by atoms with Gasteiger partial charge in [-0.15, -0.1) is 0 Å². The summed E-state index contributed by atoms with van der Waals surface area (Å²) in [7, 11) is 0. The van der Waals surface area contributed by atoms with Gasteiger partial charge in [-0.1, -0.05) is 18.2 Å². The highest BCUT2D eigenvalue weighted by Crippen LogP contribution is 2.23. The number of carbonyl (C=O) groups excluding carboxylic acids is 1. The Labute approximate surface area is 158 Å². The van der Waals surface area contributed by atoms with E-state index in [0.717, 1.165) is 5.75 Å². The van der Waals surface area contributed by atoms with Gasteiger partial charge < -0.3 is 25.6 Å². The first-order valence-electron chi connectivity index (χ1n) is 8.76. The minimum Gasteiger partial charge on any atom is -0.484 e. The highest BCUT2D eigenvalue weighted by Gasteiger charge is 2.19. The van der Waals surface area contributed by atoms with Crippen molar-refractivity contribution in [3.05, 3.63) is 54.6 Å². The number of aliphatic carboxylic acids is 1. The third kappa shape index (κ3) is 7.37. The maximum absolute atomic E-state index is 11.9. The van der Waals surface area contributed by atoms with Gasteiger partial charge in [0.15, 0.2) is 6.61 Å². The van der Waals surface area contributed by atoms with Crippen LogP contribution in [0.4, 0.5) is 0 Å². The van der Waals surface area contributed by atoms with Crippen LogP contribution in [-0.4, -0.2) is 36.2 Å². The first kappa shape index (κ1) is 20.3. The second kappa shape index (κ2) is 10.8. The number of benzene rings is 2. The number of hydrogen-bond donors (Lipinski definition) is 3. The van der Waals surface area contributed by atoms with Crippen LogP contribution in [-0.2, 0) is 9.59 Å². The lowest BCUT2D eigenvalue weighted by Gasteiger charge is -2.14. The van der Waals surface area contributed by atoms with E-state index in [-0.39, 0.29) is 6.61 Å². The van der Waals surface area contributed by atoms with Crippen molar-refractivity contribution in [2.75, 3.05) is 13.2 Å². The fourth-order valence-electron chi connectivity index (χ4n) is 2.36. The SMILES string of the molecule is NCCCCC(NC(=O)COc1ccc(Oc2ccccc2)cc1)C(=O)O. The first-order valence-corrected chi connectivity index (χ1v) is 8.76. The van der Waals surface area contributed by atoms with Crippen molar-refractivity contribution < 1.29 is 24.2 Å². The molecule has 7 nitrogen and oxygen atoms in total. The summed E-state index contributed by atoms with van der Waals surface area (Å²) in [6, 6.07) is 15.2. The maximum Gasteiger partial charge on any atom is 0.326 e. The van der Waals surface area contributed by atoms with E-state index in [2.05, 4.69) is 5.32 Å². The van der Waals surface area contributed by atoms with Crippen LogP contribution < -0.4 is 20.5 Å². The number of amides is 1. The molecule has 7 heteroatoms. The van der Waals surface area contributed by atoms with Gasteiger partial charge in [-0.2, -0.15) is 0 Å². The van der Waals surface area contributed by atoms with Crippen molar-refractivity contribution in [1.82, 2.24) is 5.32 Å². The third-order valence-electron chi connectivity index (χ3n) is 3.75. The van der Waals surface area contributed by atoms with E-state index < -0.39 is 17.9 Å². The predicted octanol–water partition coefficient (Wildman–Crippen LogP) is 2.56. The number of ether oxygens (including phenoxy) is 2. The van der Waals surface area contributed by atoms with Gasteiger partial charge in [0.2, 0.25) is 0 Å². The Kier molecular flexibility index (Phi) is 8.12. The Balaban J connectivity index is 1.79. The topological polar surface area (TPSA) is 111 Å². The van der Waals surface area contributed by atoms with E-state index in [0.29, 0.717) is 37.3 Å². The zero-order chi connectivity index (χ0) is 19.5. The molecule has 0 bridgehead atoms. The van der Waals surface area contributed by atoms with Crippen LogP contribution in [0.1, 0.15) is 19.3 Å². The van der Waals surface area contributed by atoms with Crippen LogP contribution in [0.25, 0.3) is 0 Å². The molecule has 0 radical (unpaired) electrons. The summed E-state index contributed by atoms with van der Waals surface area (Å²) in [5, 5.41) is 11.6. The Hall–Kier alpha value is -3.06. The molecule has 2 aromatic carbocycles. The summed E-state index contributed by atoms with van der Waals surface area (Å²) >= 11 is 0. The van der Waals surface area contributed by atoms with E-state index in [1.807, 2.05) is 30.3 Å². The summed E-state index contributed by atoms with van der Waals surface area (Å²) < 4.78 is 11.1. The average Bonchev–Trinajstić information content (AvgIpc) is 2.67. The molecule has 0 saturated heterocycles. The lowest BCUT2D eigenvalue weighted by Crippen LogP contribution is -2.42. The van der Waals surface area contributed by atoms with Crippen LogP contribution in [0.15, 0.2) is 54.6 Å². The summed E-state index contributed by atoms with van der Waals surface area (Å²) in [6.45, 7) is 0.229. The molecule has 0 aliphatic carbocycles. The molecule has 1 atom stereocenters. The molecule has 2 rings (SSSR count). The largest absolute Gasteiger partial charge is 0.484 e. The van der Waals surface area contributed by atoms with Crippen molar-refractivity contribution in [2.24, 2.45) is 5.73 Å². The standard InChI is InChI=1S/C20H24N2O5/c21-13-5-4-8-18(20(24)25)22-19(23)14-26-15-9-11-17(12-10-15)27-16-6-2-1-3-7-16/h1-3,6-7,9-12,18H,4-5,8,13-14,21H2,(H,22,23)(H,24,25). The second-order valence-corrected chi connectivity index (χ2v) is 5.92. The molecule has 4 N–H and O–H groups in total. The van der Waals surface area contributed by atoms with Crippen molar-refractivity contribution >= 4 is 11.9 Å². The molecule has 0 fully saturated rings. The summed E-state index contributed by atoms with van der Waals surface area (Å²) in [4.78, 5) is 23.1. The lowest BCUT2D eigenvalue weighted by atomic mass is 10.1. The Morgan fingerprint density at radius 2 is 1.59 bits per heavy atom. The van der Waals surface area contributed by atoms with E-state index in [4.69, 9.17) is 20.3 Å². The van der Waals surface area contributed by atoms with Crippen LogP contribution in [0.3, 0.4) is 0 Å². The number of carboxylic acid groups (broad SMARTS) is 1. The summed E-state index contributed by atoms with van der Waals surface area (Å²) in [5.41, 5.74) is 5.39. The molecular formula is C20H24N2O5. The second-order valence-electron chi connectivity index (χ2n) is 5.92. The van der Waals surface area contributed by atoms with E-state index in [9.17, 15) is 9.59 Å². The molecule has 2 aromatic rings. The van der Waals surface area contributed by atoms with E-state index in [1.54, 1.807) is 24.3 Å². The minimum atomic E-state index is -1.07. The van der Waals surface area contributed by atoms with Crippen molar-refractivity contribution in [2.45, 2.75) is 25.3 Å². The fourth-order valence-corrected chi connectivity index (χ4v) is 2.36. The van der Waals surface area contributed by atoms with Gasteiger partial charge in [-0.25, -0.2) is 4.79 Å². The van der Waals surface area contributed by atoms with Crippen LogP contribution >= 0.6 is 0 Å². The van der Waals surface area contributed by atoms with Gasteiger partial charge in [-0.05, 0) is 62.2 Å². The van der Waals surface area contributed by atoms with E-state index in [1.165, 1.54) is 0 Å². The number of nitrogens with two attached hydrogens (primary N) is 1. The van der Waals surface area contributed by atoms with Gasteiger partial charge >= 0.3 is 5.97 Å². The molecule has 0 spiro atoms. The summed E-state index contributed by atoms with van der Waals surface area (Å²) in [6.07, 6.45) is 1.69. The maximum atomic E-state index is 11.9. The van der Waals surface area contributed by atoms with Gasteiger partial charge in [0, 0.05) is 0 Å². The van der Waals surface area contributed by atoms with Gasteiger partial charge in [0.1, 0.15) is 23.3 Å². The molecule has 1 amide bonds. The Morgan fingerprint density at radius 1 is 0.963 bits per heavy atom. The molecule has 27 heavy (non-hydrogen) atoms. The molecule has 144 valence electrons. The Bertz CT molecular complexity index is 719. The normalized spacial score (nSPS) is 11.4. The van der Waals surface area contributed by atoms with Crippen molar-refractivity contribution in [3.8, 4) is 17.2 Å². The van der Waals surface area contributed by atoms with Crippen LogP contribution in [0.5, 0.6) is 17.2 Å². The van der Waals surface area contributed by atoms with Gasteiger partial charge in [0.25, 0.3) is 5.91 Å². The zero-order valence-electron chi connectivity index (χ0n) is 15.0. The fraction of sp³-hybridized carbons (Fsp3) is 0.300. The third-order valence-corrected chi connectivity index (χ3v) is 3.75. The minimum absolute atomic E-state index is 0.264. The van der Waals surface area contributed by atoms with Gasteiger partial charge in [-0.3, -0.25) is 4.79 Å². The molecule has 0 aromatic heterocycles. The Morgan fingerprint density at radius 3 is 2.22 bits per heavy atom. The van der Waals surface area contributed by atoms with Gasteiger partial charge in [0.05, 0.1) is 0 Å². The lowest BCUT2D eigenvalue weighted by molar-refractivity contribution is -0.142. The van der Waals surface area contributed by atoms with E-state index >= 15 is 0 Å². The predicted molar refractivity (Wildman–Crippen MR) is 101 cm³/mol. The molecule has 1 unspecified atom stereocenters. The number of nitrogens with one attached hydrogen (secondary N) is 1. The highest BCUT2D eigenvalue weighted by molar-refractivity contribution is 5.84. The van der Waals surface area contributed by atoms with Crippen molar-refractivity contribution in [3.63, 3.8) is 0 Å². The smallest absolute Gasteiger partial charge is 0.326 e. The monoisotopic (exact) mass is 372 g/mol. The van der Waals surface area contributed by atoms with Crippen LogP contribution in [0.2, 0.25) is 0 Å². The number of hydrogen-bond acceptors (Lipinski definition) is 5. The number of carboxylic acids is 1. The van der Waals surface area contributed by atoms with Crippen LogP contribution in [0, 0.1) is 0 Å². The van der Waals surface area contributed by atoms with Crippen molar-refractivity contribution in [1.29, 1.82) is 0 Å². The quantitative estimate of drug-likeness (QED) is 0.523. The summed E-state index contributed by atoms with van der Waals surface area (Å²) in [5.74, 6) is 0.298. The number of carbonyl (C=O) groups is 2.